The predicted molar refractivity (Wildman–Crippen MR) is 191 cm³/mol. The number of fused-ring (bicyclic) bond motifs is 1. The second-order valence-electron chi connectivity index (χ2n) is 13.1. The van der Waals surface area contributed by atoms with Crippen LogP contribution in [0.2, 0.25) is 10.0 Å². The highest BCUT2D eigenvalue weighted by Crippen LogP contribution is 2.42. The van der Waals surface area contributed by atoms with Crippen LogP contribution in [0.3, 0.4) is 0 Å². The summed E-state index contributed by atoms with van der Waals surface area (Å²) in [6.45, 7) is 7.87. The Kier molecular flexibility index (Phi) is 9.62. The summed E-state index contributed by atoms with van der Waals surface area (Å²) in [7, 11) is 3.33. The SMILES string of the molecule is COc1nc(-c2cccc(-c3cccc(-c4cc5c(=O)n(C)c(CNC(C)(C)C)nn5c4)c3Cl)c2Cl)ccc1CNC[C@@H]1CCC(=O)N1. The molecule has 0 bridgehead atoms. The van der Waals surface area contributed by atoms with Crippen LogP contribution in [0.5, 0.6) is 5.88 Å². The zero-order chi connectivity index (χ0) is 34.2. The van der Waals surface area contributed by atoms with Gasteiger partial charge in [0.25, 0.3) is 5.56 Å². The first-order chi connectivity index (χ1) is 22.9. The van der Waals surface area contributed by atoms with E-state index in [0.29, 0.717) is 59.0 Å². The number of pyridine rings is 1. The number of ether oxygens (including phenoxy) is 1. The van der Waals surface area contributed by atoms with Crippen molar-refractivity contribution in [2.24, 2.45) is 7.05 Å². The Morgan fingerprint density at radius 3 is 2.33 bits per heavy atom. The van der Waals surface area contributed by atoms with Gasteiger partial charge in [-0.25, -0.2) is 9.50 Å². The normalized spacial score (nSPS) is 14.9. The maximum atomic E-state index is 13.3. The van der Waals surface area contributed by atoms with Crippen molar-refractivity contribution in [2.75, 3.05) is 13.7 Å². The third kappa shape index (κ3) is 6.98. The van der Waals surface area contributed by atoms with E-state index in [0.717, 1.165) is 39.8 Å². The molecule has 2 aromatic carbocycles. The molecule has 0 radical (unpaired) electrons. The Balaban J connectivity index is 1.29. The lowest BCUT2D eigenvalue weighted by Crippen LogP contribution is -2.37. The number of hydrogen-bond donors (Lipinski definition) is 3. The Bertz CT molecular complexity index is 2070. The first-order valence-electron chi connectivity index (χ1n) is 15.9. The molecule has 3 aromatic heterocycles. The quantitative estimate of drug-likeness (QED) is 0.165. The van der Waals surface area contributed by atoms with Crippen molar-refractivity contribution in [1.29, 1.82) is 0 Å². The van der Waals surface area contributed by atoms with Crippen LogP contribution >= 0.6 is 23.2 Å². The number of methoxy groups -OCH3 is 1. The maximum absolute atomic E-state index is 13.3. The molecule has 1 aliphatic rings. The van der Waals surface area contributed by atoms with Gasteiger partial charge in [0.05, 0.1) is 29.4 Å². The van der Waals surface area contributed by atoms with Gasteiger partial charge in [-0.3, -0.25) is 14.2 Å². The molecule has 250 valence electrons. The summed E-state index contributed by atoms with van der Waals surface area (Å²) in [5.74, 6) is 1.22. The van der Waals surface area contributed by atoms with Gasteiger partial charge in [-0.1, -0.05) is 65.7 Å². The Morgan fingerprint density at radius 2 is 1.67 bits per heavy atom. The first kappa shape index (κ1) is 33.7. The van der Waals surface area contributed by atoms with Crippen LogP contribution in [0, 0.1) is 0 Å². The number of halogens is 2. The van der Waals surface area contributed by atoms with Gasteiger partial charge in [0, 0.05) is 77.7 Å². The van der Waals surface area contributed by atoms with E-state index in [1.165, 1.54) is 0 Å². The first-order valence-corrected chi connectivity index (χ1v) is 16.6. The molecule has 1 aliphatic heterocycles. The Morgan fingerprint density at radius 1 is 0.979 bits per heavy atom. The summed E-state index contributed by atoms with van der Waals surface area (Å²) in [5.41, 5.74) is 5.51. The average molecular weight is 689 g/mol. The van der Waals surface area contributed by atoms with E-state index in [-0.39, 0.29) is 23.0 Å². The fraction of sp³-hybridized carbons (Fsp3) is 0.333. The van der Waals surface area contributed by atoms with Gasteiger partial charge in [0.2, 0.25) is 11.8 Å². The van der Waals surface area contributed by atoms with E-state index in [1.807, 2.05) is 60.8 Å². The number of nitrogens with one attached hydrogen (secondary N) is 3. The average Bonchev–Trinajstić information content (AvgIpc) is 3.68. The van der Waals surface area contributed by atoms with Gasteiger partial charge in [-0.2, -0.15) is 5.10 Å². The van der Waals surface area contributed by atoms with Crippen LogP contribution in [-0.2, 0) is 24.9 Å². The minimum absolute atomic E-state index is 0.0963. The minimum atomic E-state index is -0.142. The molecule has 5 aromatic rings. The van der Waals surface area contributed by atoms with Crippen LogP contribution in [0.4, 0.5) is 0 Å². The highest BCUT2D eigenvalue weighted by atomic mass is 35.5. The number of hydrogen-bond acceptors (Lipinski definition) is 7. The number of amides is 1. The second-order valence-corrected chi connectivity index (χ2v) is 13.8. The van der Waals surface area contributed by atoms with Gasteiger partial charge >= 0.3 is 0 Å². The van der Waals surface area contributed by atoms with Crippen molar-refractivity contribution in [3.63, 3.8) is 0 Å². The van der Waals surface area contributed by atoms with E-state index in [4.69, 9.17) is 38.0 Å². The predicted octanol–water partition coefficient (Wildman–Crippen LogP) is 6.00. The molecule has 6 rings (SSSR count). The van der Waals surface area contributed by atoms with Crippen molar-refractivity contribution in [2.45, 2.75) is 58.3 Å². The van der Waals surface area contributed by atoms with E-state index in [1.54, 1.807) is 23.2 Å². The van der Waals surface area contributed by atoms with Gasteiger partial charge in [-0.15, -0.1) is 0 Å². The molecule has 0 spiro atoms. The van der Waals surface area contributed by atoms with Crippen LogP contribution in [0.15, 0.2) is 65.6 Å². The van der Waals surface area contributed by atoms with E-state index in [9.17, 15) is 9.59 Å². The number of carbonyl (C=O) groups excluding carboxylic acids is 1. The molecule has 12 heteroatoms. The lowest BCUT2D eigenvalue weighted by molar-refractivity contribution is -0.119. The van der Waals surface area contributed by atoms with E-state index < -0.39 is 0 Å². The van der Waals surface area contributed by atoms with Crippen LogP contribution < -0.4 is 26.2 Å². The summed E-state index contributed by atoms with van der Waals surface area (Å²) in [6, 6.07) is 17.4. The van der Waals surface area contributed by atoms with Crippen molar-refractivity contribution >= 4 is 34.6 Å². The lowest BCUT2D eigenvalue weighted by atomic mass is 9.97. The lowest BCUT2D eigenvalue weighted by Gasteiger charge is -2.20. The van der Waals surface area contributed by atoms with E-state index >= 15 is 0 Å². The molecule has 0 unspecified atom stereocenters. The molecular weight excluding hydrogens is 649 g/mol. The third-order valence-corrected chi connectivity index (χ3v) is 9.32. The standard InChI is InChI=1S/C36H39Cl2N7O3/c1-36(2,3)40-19-30-43-45-20-22(16-29(45)35(47)44(30)4)24-8-6-9-25(32(24)37)26-10-7-11-27(33(26)38)28-14-12-21(34(42-28)48-5)17-39-18-23-13-15-31(46)41-23/h6-12,14,16,20,23,39-40H,13,15,17-19H2,1-5H3,(H,41,46)/t23-/m0/s1. The number of carbonyl (C=O) groups is 1. The van der Waals surface area contributed by atoms with Gasteiger partial charge in [0.15, 0.2) is 0 Å². The molecule has 1 saturated heterocycles. The number of rotatable bonds is 10. The van der Waals surface area contributed by atoms with Crippen LogP contribution in [0.1, 0.15) is 45.0 Å². The van der Waals surface area contributed by atoms with Crippen molar-refractivity contribution in [3.8, 4) is 39.4 Å². The maximum Gasteiger partial charge on any atom is 0.277 e. The van der Waals surface area contributed by atoms with Crippen LogP contribution in [-0.4, -0.2) is 50.3 Å². The zero-order valence-electron chi connectivity index (χ0n) is 27.7. The topological polar surface area (TPSA) is 115 Å². The molecule has 1 fully saturated rings. The fourth-order valence-electron chi connectivity index (χ4n) is 5.86. The van der Waals surface area contributed by atoms with Gasteiger partial charge < -0.3 is 20.7 Å². The molecule has 1 atom stereocenters. The van der Waals surface area contributed by atoms with Crippen LogP contribution in [0.25, 0.3) is 39.0 Å². The highest BCUT2D eigenvalue weighted by molar-refractivity contribution is 6.39. The molecular formula is C36H39Cl2N7O3. The number of nitrogens with zero attached hydrogens (tertiary/aromatic N) is 4. The fourth-order valence-corrected chi connectivity index (χ4v) is 6.52. The molecule has 1 amide bonds. The smallest absolute Gasteiger partial charge is 0.277 e. The van der Waals surface area contributed by atoms with Crippen molar-refractivity contribution in [1.82, 2.24) is 35.1 Å². The minimum Gasteiger partial charge on any atom is -0.481 e. The summed E-state index contributed by atoms with van der Waals surface area (Å²) in [5, 5.41) is 15.5. The number of benzene rings is 2. The van der Waals surface area contributed by atoms with E-state index in [2.05, 4.69) is 36.7 Å². The third-order valence-electron chi connectivity index (χ3n) is 8.51. The summed E-state index contributed by atoms with van der Waals surface area (Å²) in [4.78, 5) is 29.6. The van der Waals surface area contributed by atoms with Crippen molar-refractivity contribution < 1.29 is 9.53 Å². The largest absolute Gasteiger partial charge is 0.481 e. The number of aromatic nitrogens is 4. The molecule has 3 N–H and O–H groups in total. The highest BCUT2D eigenvalue weighted by Gasteiger charge is 2.21. The monoisotopic (exact) mass is 687 g/mol. The summed E-state index contributed by atoms with van der Waals surface area (Å²) >= 11 is 14.2. The Hall–Kier alpha value is -4.22. The second kappa shape index (κ2) is 13.7. The summed E-state index contributed by atoms with van der Waals surface area (Å²) in [6.07, 6.45) is 3.23. The molecule has 4 heterocycles. The zero-order valence-corrected chi connectivity index (χ0v) is 29.2. The summed E-state index contributed by atoms with van der Waals surface area (Å²) < 4.78 is 8.84. The Labute approximate surface area is 289 Å². The molecule has 0 aliphatic carbocycles. The molecule has 10 nitrogen and oxygen atoms in total. The molecule has 48 heavy (non-hydrogen) atoms. The molecule has 0 saturated carbocycles. The van der Waals surface area contributed by atoms with Gasteiger partial charge in [0.1, 0.15) is 11.3 Å². The van der Waals surface area contributed by atoms with Crippen molar-refractivity contribution in [3.05, 3.63) is 92.6 Å². The van der Waals surface area contributed by atoms with Gasteiger partial charge in [-0.05, 0) is 39.3 Å².